The monoisotopic (exact) mass is 399 g/mol. The summed E-state index contributed by atoms with van der Waals surface area (Å²) in [5.74, 6) is -0.829. The summed E-state index contributed by atoms with van der Waals surface area (Å²) in [6.07, 6.45) is 2.05. The number of halogens is 1. The number of carbonyl (C=O) groups is 2. The number of thiophene rings is 1. The zero-order valence-electron chi connectivity index (χ0n) is 15.3. The Morgan fingerprint density at radius 2 is 2.04 bits per heavy atom. The van der Waals surface area contributed by atoms with Crippen LogP contribution < -0.4 is 10.6 Å². The van der Waals surface area contributed by atoms with E-state index in [1.165, 1.54) is 30.7 Å². The number of rotatable bonds is 3. The molecule has 3 rings (SSSR count). The summed E-state index contributed by atoms with van der Waals surface area (Å²) in [5, 5.41) is 10.3. The van der Waals surface area contributed by atoms with Crippen LogP contribution in [0.3, 0.4) is 0 Å². The molecule has 0 bridgehead atoms. The van der Waals surface area contributed by atoms with Gasteiger partial charge < -0.3 is 19.9 Å². The Labute approximate surface area is 161 Å². The molecule has 26 heavy (non-hydrogen) atoms. The SMILES string of the molecule is COC(=O)c1c(NC(=O)c2ccno2)sc2c1CC(C)(C)NC2(C)C.Cl. The molecule has 2 N–H and O–H groups in total. The van der Waals surface area contributed by atoms with Crippen molar-refractivity contribution in [1.82, 2.24) is 10.5 Å². The number of anilines is 1. The van der Waals surface area contributed by atoms with Crippen molar-refractivity contribution in [2.24, 2.45) is 0 Å². The summed E-state index contributed by atoms with van der Waals surface area (Å²) in [5.41, 5.74) is 0.809. The number of hydrogen-bond acceptors (Lipinski definition) is 7. The fraction of sp³-hybridized carbons (Fsp3) is 0.471. The molecule has 0 atom stereocenters. The van der Waals surface area contributed by atoms with Gasteiger partial charge in [-0.1, -0.05) is 5.16 Å². The van der Waals surface area contributed by atoms with Crippen molar-refractivity contribution in [3.05, 3.63) is 34.0 Å². The highest BCUT2D eigenvalue weighted by atomic mass is 35.5. The first-order valence-electron chi connectivity index (χ1n) is 7.90. The van der Waals surface area contributed by atoms with E-state index in [4.69, 9.17) is 9.26 Å². The number of methoxy groups -OCH3 is 1. The van der Waals surface area contributed by atoms with Gasteiger partial charge >= 0.3 is 5.97 Å². The minimum absolute atomic E-state index is 0. The number of ether oxygens (including phenoxy) is 1. The average molecular weight is 400 g/mol. The van der Waals surface area contributed by atoms with Crippen LogP contribution in [0.5, 0.6) is 0 Å². The smallest absolute Gasteiger partial charge is 0.341 e. The second-order valence-electron chi connectivity index (χ2n) is 7.25. The number of fused-ring (bicyclic) bond motifs is 1. The van der Waals surface area contributed by atoms with Gasteiger partial charge in [0.1, 0.15) is 5.00 Å². The minimum Gasteiger partial charge on any atom is -0.465 e. The van der Waals surface area contributed by atoms with E-state index in [0.29, 0.717) is 17.0 Å². The number of esters is 1. The Morgan fingerprint density at radius 1 is 1.35 bits per heavy atom. The lowest BCUT2D eigenvalue weighted by Crippen LogP contribution is -2.55. The summed E-state index contributed by atoms with van der Waals surface area (Å²) in [6, 6.07) is 1.47. The lowest BCUT2D eigenvalue weighted by atomic mass is 9.81. The van der Waals surface area contributed by atoms with E-state index < -0.39 is 11.9 Å². The summed E-state index contributed by atoms with van der Waals surface area (Å²) in [6.45, 7) is 8.30. The number of nitrogens with one attached hydrogen (secondary N) is 2. The maximum atomic E-state index is 12.4. The molecule has 3 heterocycles. The first-order chi connectivity index (χ1) is 11.6. The van der Waals surface area contributed by atoms with Gasteiger partial charge in [0.15, 0.2) is 0 Å². The molecule has 9 heteroatoms. The number of hydrogen-bond donors (Lipinski definition) is 2. The van der Waals surface area contributed by atoms with Crippen molar-refractivity contribution in [1.29, 1.82) is 0 Å². The maximum Gasteiger partial charge on any atom is 0.341 e. The molecule has 0 radical (unpaired) electrons. The molecule has 0 saturated heterocycles. The largest absolute Gasteiger partial charge is 0.465 e. The lowest BCUT2D eigenvalue weighted by Gasteiger charge is -2.42. The fourth-order valence-corrected chi connectivity index (χ4v) is 4.69. The Morgan fingerprint density at radius 3 is 2.62 bits per heavy atom. The molecule has 0 fully saturated rings. The van der Waals surface area contributed by atoms with Crippen LogP contribution in [0.15, 0.2) is 16.8 Å². The van der Waals surface area contributed by atoms with E-state index in [0.717, 1.165) is 10.4 Å². The molecule has 1 aliphatic rings. The molecule has 7 nitrogen and oxygen atoms in total. The van der Waals surface area contributed by atoms with Gasteiger partial charge in [-0.05, 0) is 39.7 Å². The average Bonchev–Trinajstić information content (AvgIpc) is 3.12. The van der Waals surface area contributed by atoms with Gasteiger partial charge in [0.25, 0.3) is 5.91 Å². The molecule has 0 aliphatic carbocycles. The highest BCUT2D eigenvalue weighted by Crippen LogP contribution is 2.45. The summed E-state index contributed by atoms with van der Waals surface area (Å²) < 4.78 is 9.85. The predicted molar refractivity (Wildman–Crippen MR) is 101 cm³/mol. The van der Waals surface area contributed by atoms with Crippen LogP contribution in [0.2, 0.25) is 0 Å². The van der Waals surface area contributed by atoms with E-state index in [-0.39, 0.29) is 29.2 Å². The van der Waals surface area contributed by atoms with E-state index >= 15 is 0 Å². The molecule has 2 aromatic rings. The van der Waals surface area contributed by atoms with Crippen LogP contribution in [0, 0.1) is 0 Å². The van der Waals surface area contributed by atoms with E-state index in [1.54, 1.807) is 0 Å². The predicted octanol–water partition coefficient (Wildman–Crippen LogP) is 3.36. The second kappa shape index (κ2) is 7.02. The Bertz CT molecular complexity index is 827. The van der Waals surface area contributed by atoms with Gasteiger partial charge in [0.05, 0.1) is 18.9 Å². The molecule has 1 aliphatic heterocycles. The van der Waals surface area contributed by atoms with Crippen molar-refractivity contribution in [3.63, 3.8) is 0 Å². The Balaban J connectivity index is 0.00000243. The molecule has 2 aromatic heterocycles. The minimum atomic E-state index is -0.459. The topological polar surface area (TPSA) is 93.5 Å². The third kappa shape index (κ3) is 3.62. The second-order valence-corrected chi connectivity index (χ2v) is 8.27. The van der Waals surface area contributed by atoms with E-state index in [9.17, 15) is 9.59 Å². The van der Waals surface area contributed by atoms with Crippen molar-refractivity contribution in [2.45, 2.75) is 45.2 Å². The summed E-state index contributed by atoms with van der Waals surface area (Å²) >= 11 is 1.38. The van der Waals surface area contributed by atoms with E-state index in [2.05, 4.69) is 43.5 Å². The van der Waals surface area contributed by atoms with Crippen molar-refractivity contribution in [2.75, 3.05) is 12.4 Å². The standard InChI is InChI=1S/C17H21N3O4S.ClH/c1-16(2)8-9-11(15(22)23-5)14(25-12(9)17(3,4)20-16)19-13(21)10-6-7-18-24-10;/h6-7,20H,8H2,1-5H3,(H,19,21);1H. The quantitative estimate of drug-likeness (QED) is 0.768. The third-order valence-electron chi connectivity index (χ3n) is 4.12. The van der Waals surface area contributed by atoms with Crippen molar-refractivity contribution < 1.29 is 18.8 Å². The fourth-order valence-electron chi connectivity index (χ4n) is 3.43. The third-order valence-corrected chi connectivity index (χ3v) is 5.59. The van der Waals surface area contributed by atoms with Crippen molar-refractivity contribution in [3.8, 4) is 0 Å². The molecule has 0 unspecified atom stereocenters. The van der Waals surface area contributed by atoms with Gasteiger partial charge in [-0.25, -0.2) is 4.79 Å². The Kier molecular flexibility index (Phi) is 5.51. The zero-order chi connectivity index (χ0) is 18.4. The highest BCUT2D eigenvalue weighted by Gasteiger charge is 2.42. The Hall–Kier alpha value is -1.90. The van der Waals surface area contributed by atoms with Crippen LogP contribution in [0.4, 0.5) is 5.00 Å². The van der Waals surface area contributed by atoms with E-state index in [1.807, 2.05) is 0 Å². The number of nitrogens with zero attached hydrogens (tertiary/aromatic N) is 1. The van der Waals surface area contributed by atoms with Crippen LogP contribution in [0.25, 0.3) is 0 Å². The zero-order valence-corrected chi connectivity index (χ0v) is 16.9. The van der Waals surface area contributed by atoms with Gasteiger partial charge in [-0.2, -0.15) is 0 Å². The number of carbonyl (C=O) groups excluding carboxylic acids is 2. The van der Waals surface area contributed by atoms with Gasteiger partial charge in [-0.3, -0.25) is 4.79 Å². The van der Waals surface area contributed by atoms with Crippen LogP contribution in [-0.4, -0.2) is 29.7 Å². The molecule has 0 saturated carbocycles. The molecule has 0 spiro atoms. The van der Waals surface area contributed by atoms with Crippen LogP contribution >= 0.6 is 23.7 Å². The van der Waals surface area contributed by atoms with Gasteiger partial charge in [-0.15, -0.1) is 23.7 Å². The lowest BCUT2D eigenvalue weighted by molar-refractivity contribution is 0.0600. The molecular formula is C17H22ClN3O4S. The highest BCUT2D eigenvalue weighted by molar-refractivity contribution is 7.17. The maximum absolute atomic E-state index is 12.4. The molecular weight excluding hydrogens is 378 g/mol. The first kappa shape index (κ1) is 20.4. The summed E-state index contributed by atoms with van der Waals surface area (Å²) in [4.78, 5) is 25.8. The normalized spacial score (nSPS) is 17.0. The van der Waals surface area contributed by atoms with Crippen LogP contribution in [-0.2, 0) is 16.7 Å². The number of amides is 1. The van der Waals surface area contributed by atoms with Crippen molar-refractivity contribution >= 4 is 40.6 Å². The van der Waals surface area contributed by atoms with Gasteiger partial charge in [0, 0.05) is 22.0 Å². The summed E-state index contributed by atoms with van der Waals surface area (Å²) in [7, 11) is 1.34. The van der Waals surface area contributed by atoms with Gasteiger partial charge in [0.2, 0.25) is 5.76 Å². The number of aromatic nitrogens is 1. The molecule has 1 amide bonds. The first-order valence-corrected chi connectivity index (χ1v) is 8.72. The van der Waals surface area contributed by atoms with Crippen LogP contribution in [0.1, 0.15) is 59.0 Å². The molecule has 142 valence electrons. The molecule has 0 aromatic carbocycles.